The monoisotopic (exact) mass is 277 g/mol. The molecule has 0 heterocycles. The highest BCUT2D eigenvalue weighted by Crippen LogP contribution is 2.26. The highest BCUT2D eigenvalue weighted by atomic mass is 32.2. The van der Waals surface area contributed by atoms with E-state index in [9.17, 15) is 13.2 Å². The molecule has 0 atom stereocenters. The molecule has 0 spiro atoms. The molecule has 5 heteroatoms. The lowest BCUT2D eigenvalue weighted by molar-refractivity contribution is -0.119. The van der Waals surface area contributed by atoms with Crippen molar-refractivity contribution in [3.8, 4) is 0 Å². The van der Waals surface area contributed by atoms with Crippen LogP contribution in [-0.2, 0) is 14.6 Å². The summed E-state index contributed by atoms with van der Waals surface area (Å²) in [6, 6.07) is 0. The van der Waals surface area contributed by atoms with E-state index >= 15 is 0 Å². The van der Waals surface area contributed by atoms with Crippen LogP contribution in [0.4, 0.5) is 0 Å². The predicted molar refractivity (Wildman–Crippen MR) is 75.3 cm³/mol. The van der Waals surface area contributed by atoms with Crippen LogP contribution in [0.25, 0.3) is 0 Å². The number of sulfone groups is 1. The summed E-state index contributed by atoms with van der Waals surface area (Å²) in [7, 11) is -3.03. The molecule has 2 N–H and O–H groups in total. The lowest BCUT2D eigenvalue weighted by Crippen LogP contribution is -2.19. The first kappa shape index (κ1) is 17.6. The third kappa shape index (κ3) is 8.64. The molecule has 18 heavy (non-hydrogen) atoms. The Morgan fingerprint density at radius 2 is 1.72 bits per heavy atom. The van der Waals surface area contributed by atoms with Gasteiger partial charge in [-0.25, -0.2) is 8.42 Å². The highest BCUT2D eigenvalue weighted by Gasteiger charge is 2.19. The average Bonchev–Trinajstić information content (AvgIpc) is 2.24. The topological polar surface area (TPSA) is 77.2 Å². The summed E-state index contributed by atoms with van der Waals surface area (Å²) in [6.45, 7) is 6.61. The molecule has 0 rings (SSSR count). The van der Waals surface area contributed by atoms with E-state index in [0.717, 1.165) is 12.8 Å². The Hall–Kier alpha value is -0.420. The number of nitrogens with two attached hydrogens (primary N) is 1. The maximum absolute atomic E-state index is 11.6. The molecule has 4 nitrogen and oxygen atoms in total. The average molecular weight is 277 g/mol. The molecule has 0 amide bonds. The Kier molecular flexibility index (Phi) is 7.71. The van der Waals surface area contributed by atoms with Crippen LogP contribution in [0.1, 0.15) is 52.9 Å². The maximum Gasteiger partial charge on any atom is 0.150 e. The zero-order valence-corrected chi connectivity index (χ0v) is 12.7. The molecule has 0 saturated heterocycles. The summed E-state index contributed by atoms with van der Waals surface area (Å²) >= 11 is 0. The summed E-state index contributed by atoms with van der Waals surface area (Å²) in [5.41, 5.74) is 5.57. The summed E-state index contributed by atoms with van der Waals surface area (Å²) in [5.74, 6) is 0.218. The molecule has 0 aromatic carbocycles. The van der Waals surface area contributed by atoms with Gasteiger partial charge in [-0.2, -0.15) is 0 Å². The fraction of sp³-hybridized carbons (Fsp3) is 0.923. The van der Waals surface area contributed by atoms with Gasteiger partial charge in [-0.15, -0.1) is 0 Å². The van der Waals surface area contributed by atoms with Crippen molar-refractivity contribution in [2.45, 2.75) is 52.9 Å². The second kappa shape index (κ2) is 7.89. The van der Waals surface area contributed by atoms with E-state index in [0.29, 0.717) is 19.4 Å². The third-order valence-electron chi connectivity index (χ3n) is 3.11. The molecular formula is C13H27NO3S. The van der Waals surface area contributed by atoms with Crippen LogP contribution >= 0.6 is 0 Å². The Morgan fingerprint density at radius 1 is 1.11 bits per heavy atom. The number of carbonyl (C=O) groups is 1. The van der Waals surface area contributed by atoms with E-state index in [1.54, 1.807) is 0 Å². The molecule has 0 fully saturated rings. The molecule has 0 aromatic heterocycles. The molecule has 0 radical (unpaired) electrons. The van der Waals surface area contributed by atoms with Gasteiger partial charge in [0.15, 0.2) is 9.84 Å². The minimum Gasteiger partial charge on any atom is -0.330 e. The molecular weight excluding hydrogens is 250 g/mol. The van der Waals surface area contributed by atoms with Crippen molar-refractivity contribution < 1.29 is 13.2 Å². The van der Waals surface area contributed by atoms with E-state index in [1.807, 2.05) is 6.92 Å². The van der Waals surface area contributed by atoms with E-state index in [1.165, 1.54) is 0 Å². The second-order valence-corrected chi connectivity index (χ2v) is 7.95. The minimum absolute atomic E-state index is 0.00299. The van der Waals surface area contributed by atoms with Gasteiger partial charge in [0, 0.05) is 18.6 Å². The van der Waals surface area contributed by atoms with Gasteiger partial charge in [-0.05, 0) is 31.2 Å². The number of hydrogen-bond acceptors (Lipinski definition) is 4. The van der Waals surface area contributed by atoms with E-state index in [4.69, 9.17) is 5.73 Å². The van der Waals surface area contributed by atoms with Crippen molar-refractivity contribution in [3.63, 3.8) is 0 Å². The molecule has 0 unspecified atom stereocenters. The number of Topliss-reactive ketones (excluding diaryl/α,β-unsaturated/α-hetero) is 1. The van der Waals surface area contributed by atoms with Gasteiger partial charge in [0.25, 0.3) is 0 Å². The normalized spacial score (nSPS) is 12.7. The van der Waals surface area contributed by atoms with Crippen molar-refractivity contribution >= 4 is 15.6 Å². The fourth-order valence-corrected chi connectivity index (χ4v) is 3.17. The molecule has 0 saturated carbocycles. The Balaban J connectivity index is 3.99. The molecule has 108 valence electrons. The highest BCUT2D eigenvalue weighted by molar-refractivity contribution is 7.91. The van der Waals surface area contributed by atoms with Crippen LogP contribution in [0.2, 0.25) is 0 Å². The number of ketones is 1. The summed E-state index contributed by atoms with van der Waals surface area (Å²) in [6.07, 6.45) is 2.88. The Bertz CT molecular complexity index is 347. The fourth-order valence-electron chi connectivity index (χ4n) is 1.80. The van der Waals surface area contributed by atoms with Crippen LogP contribution in [0, 0.1) is 5.41 Å². The summed E-state index contributed by atoms with van der Waals surface area (Å²) in [5, 5.41) is 0. The van der Waals surface area contributed by atoms with Crippen molar-refractivity contribution in [1.82, 2.24) is 0 Å². The van der Waals surface area contributed by atoms with Crippen molar-refractivity contribution in [1.29, 1.82) is 0 Å². The molecule has 0 aliphatic rings. The quantitative estimate of drug-likeness (QED) is 0.662. The van der Waals surface area contributed by atoms with Crippen LogP contribution in [0.15, 0.2) is 0 Å². The standard InChI is InChI=1S/C13H27NO3S/c1-4-10-18(16,17)11-6-12(15)5-7-13(2,3)8-9-14/h4-11,14H2,1-3H3. The molecule has 0 aromatic rings. The molecule has 0 aliphatic heterocycles. The molecule has 0 aliphatic carbocycles. The van der Waals surface area contributed by atoms with Crippen molar-refractivity contribution in [3.05, 3.63) is 0 Å². The van der Waals surface area contributed by atoms with E-state index in [2.05, 4.69) is 13.8 Å². The van der Waals surface area contributed by atoms with Gasteiger partial charge in [-0.1, -0.05) is 20.8 Å². The van der Waals surface area contributed by atoms with Crippen molar-refractivity contribution in [2.75, 3.05) is 18.1 Å². The van der Waals surface area contributed by atoms with Crippen LogP contribution in [-0.4, -0.2) is 32.3 Å². The second-order valence-electron chi connectivity index (χ2n) is 5.64. The minimum atomic E-state index is -3.03. The number of rotatable bonds is 10. The Morgan fingerprint density at radius 3 is 2.22 bits per heavy atom. The summed E-state index contributed by atoms with van der Waals surface area (Å²) < 4.78 is 22.9. The van der Waals surface area contributed by atoms with Crippen molar-refractivity contribution in [2.24, 2.45) is 11.1 Å². The SMILES string of the molecule is CCCS(=O)(=O)CCC(=O)CCC(C)(C)CCN. The first-order chi connectivity index (χ1) is 8.22. The largest absolute Gasteiger partial charge is 0.330 e. The van der Waals surface area contributed by atoms with Gasteiger partial charge < -0.3 is 5.73 Å². The first-order valence-corrected chi connectivity index (χ1v) is 8.47. The van der Waals surface area contributed by atoms with Gasteiger partial charge >= 0.3 is 0 Å². The third-order valence-corrected chi connectivity index (χ3v) is 4.97. The van der Waals surface area contributed by atoms with Gasteiger partial charge in [0.1, 0.15) is 5.78 Å². The summed E-state index contributed by atoms with van der Waals surface area (Å²) in [4.78, 5) is 11.6. The number of carbonyl (C=O) groups excluding carboxylic acids is 1. The van der Waals surface area contributed by atoms with Gasteiger partial charge in [-0.3, -0.25) is 4.79 Å². The lowest BCUT2D eigenvalue weighted by Gasteiger charge is -2.23. The van der Waals surface area contributed by atoms with E-state index in [-0.39, 0.29) is 29.1 Å². The maximum atomic E-state index is 11.6. The van der Waals surface area contributed by atoms with E-state index < -0.39 is 9.84 Å². The smallest absolute Gasteiger partial charge is 0.150 e. The van der Waals surface area contributed by atoms with Crippen LogP contribution in [0.5, 0.6) is 0 Å². The Labute approximate surface area is 111 Å². The lowest BCUT2D eigenvalue weighted by atomic mass is 9.83. The predicted octanol–water partition coefficient (Wildman–Crippen LogP) is 1.93. The number of hydrogen-bond donors (Lipinski definition) is 1. The van der Waals surface area contributed by atoms with Gasteiger partial charge in [0.05, 0.1) is 5.75 Å². The van der Waals surface area contributed by atoms with Gasteiger partial charge in [0.2, 0.25) is 0 Å². The molecule has 0 bridgehead atoms. The zero-order chi connectivity index (χ0) is 14.2. The van der Waals surface area contributed by atoms with Crippen LogP contribution < -0.4 is 5.73 Å². The first-order valence-electron chi connectivity index (χ1n) is 6.64. The van der Waals surface area contributed by atoms with Crippen LogP contribution in [0.3, 0.4) is 0 Å². The zero-order valence-electron chi connectivity index (χ0n) is 11.9.